The van der Waals surface area contributed by atoms with Crippen LogP contribution < -0.4 is 10.2 Å². The smallest absolute Gasteiger partial charge is 0.128 e. The number of nitrogens with one attached hydrogen (secondary N) is 1. The Hall–Kier alpha value is -1.29. The Morgan fingerprint density at radius 2 is 2.12 bits per heavy atom. The summed E-state index contributed by atoms with van der Waals surface area (Å²) in [6, 6.07) is 4.22. The van der Waals surface area contributed by atoms with Gasteiger partial charge in [0.05, 0.1) is 25.1 Å². The molecular formula is C13H19N3O. The first-order chi connectivity index (χ1) is 8.42. The number of hydrogen-bond acceptors (Lipinski definition) is 4. The average Bonchev–Trinajstić information content (AvgIpc) is 3.22. The molecule has 2 heterocycles. The van der Waals surface area contributed by atoms with Gasteiger partial charge in [0.15, 0.2) is 0 Å². The Balaban J connectivity index is 1.58. The lowest BCUT2D eigenvalue weighted by Gasteiger charge is -2.27. The van der Waals surface area contributed by atoms with Crippen LogP contribution in [0.4, 0.5) is 11.5 Å². The highest BCUT2D eigenvalue weighted by molar-refractivity contribution is 5.48. The van der Waals surface area contributed by atoms with Gasteiger partial charge in [-0.15, -0.1) is 0 Å². The Morgan fingerprint density at radius 1 is 1.29 bits per heavy atom. The number of hydrogen-bond donors (Lipinski definition) is 1. The number of aromatic nitrogens is 1. The van der Waals surface area contributed by atoms with E-state index in [9.17, 15) is 0 Å². The van der Waals surface area contributed by atoms with Crippen LogP contribution in [0.2, 0.25) is 0 Å². The van der Waals surface area contributed by atoms with Gasteiger partial charge < -0.3 is 15.0 Å². The molecule has 1 N–H and O–H groups in total. The van der Waals surface area contributed by atoms with Crippen LogP contribution in [-0.4, -0.2) is 37.8 Å². The van der Waals surface area contributed by atoms with Crippen molar-refractivity contribution in [3.63, 3.8) is 0 Å². The van der Waals surface area contributed by atoms with Gasteiger partial charge in [0.25, 0.3) is 0 Å². The first-order valence-corrected chi connectivity index (χ1v) is 6.44. The van der Waals surface area contributed by atoms with Gasteiger partial charge in [-0.05, 0) is 30.9 Å². The minimum Gasteiger partial charge on any atom is -0.384 e. The summed E-state index contributed by atoms with van der Waals surface area (Å²) < 4.78 is 5.33. The normalized spacial score (nSPS) is 20.4. The number of pyridine rings is 1. The summed E-state index contributed by atoms with van der Waals surface area (Å²) in [7, 11) is 0. The average molecular weight is 233 g/mol. The van der Waals surface area contributed by atoms with Crippen LogP contribution in [0.1, 0.15) is 12.8 Å². The minimum atomic E-state index is 0.809. The molecule has 1 aliphatic heterocycles. The highest BCUT2D eigenvalue weighted by Gasteiger charge is 2.20. The van der Waals surface area contributed by atoms with E-state index in [1.54, 1.807) is 0 Å². The molecule has 4 heteroatoms. The van der Waals surface area contributed by atoms with Gasteiger partial charge in [0.1, 0.15) is 5.82 Å². The van der Waals surface area contributed by atoms with Crippen LogP contribution >= 0.6 is 0 Å². The fraction of sp³-hybridized carbons (Fsp3) is 0.615. The van der Waals surface area contributed by atoms with Crippen molar-refractivity contribution in [3.05, 3.63) is 18.3 Å². The summed E-state index contributed by atoms with van der Waals surface area (Å²) in [5, 5.41) is 3.43. The zero-order valence-electron chi connectivity index (χ0n) is 10.1. The Morgan fingerprint density at radius 3 is 2.76 bits per heavy atom. The van der Waals surface area contributed by atoms with Crippen molar-refractivity contribution in [2.75, 3.05) is 43.1 Å². The van der Waals surface area contributed by atoms with Crippen LogP contribution in [0.25, 0.3) is 0 Å². The van der Waals surface area contributed by atoms with Crippen molar-refractivity contribution in [1.29, 1.82) is 0 Å². The second-order valence-corrected chi connectivity index (χ2v) is 4.83. The molecule has 1 aromatic rings. The van der Waals surface area contributed by atoms with Crippen molar-refractivity contribution in [2.45, 2.75) is 12.8 Å². The summed E-state index contributed by atoms with van der Waals surface area (Å²) in [4.78, 5) is 6.78. The van der Waals surface area contributed by atoms with E-state index < -0.39 is 0 Å². The van der Waals surface area contributed by atoms with Gasteiger partial charge in [-0.2, -0.15) is 0 Å². The van der Waals surface area contributed by atoms with E-state index in [0.717, 1.165) is 50.3 Å². The third-order valence-corrected chi connectivity index (χ3v) is 3.37. The van der Waals surface area contributed by atoms with Crippen molar-refractivity contribution >= 4 is 11.5 Å². The summed E-state index contributed by atoms with van der Waals surface area (Å²) >= 11 is 0. The summed E-state index contributed by atoms with van der Waals surface area (Å²) in [6.07, 6.45) is 4.70. The molecule has 2 aliphatic rings. The largest absolute Gasteiger partial charge is 0.384 e. The summed E-state index contributed by atoms with van der Waals surface area (Å²) in [6.45, 7) is 4.61. The molecule has 1 saturated heterocycles. The molecule has 1 aliphatic carbocycles. The number of ether oxygens (including phenoxy) is 1. The number of rotatable bonds is 4. The van der Waals surface area contributed by atoms with Crippen LogP contribution in [0.5, 0.6) is 0 Å². The van der Waals surface area contributed by atoms with E-state index >= 15 is 0 Å². The topological polar surface area (TPSA) is 37.4 Å². The van der Waals surface area contributed by atoms with Crippen LogP contribution in [0.15, 0.2) is 18.3 Å². The molecule has 4 nitrogen and oxygen atoms in total. The predicted molar refractivity (Wildman–Crippen MR) is 68.5 cm³/mol. The maximum absolute atomic E-state index is 5.33. The van der Waals surface area contributed by atoms with E-state index in [0.29, 0.717) is 0 Å². The molecule has 0 atom stereocenters. The zero-order valence-corrected chi connectivity index (χ0v) is 10.1. The van der Waals surface area contributed by atoms with E-state index in [1.165, 1.54) is 12.8 Å². The van der Waals surface area contributed by atoms with Crippen molar-refractivity contribution < 1.29 is 4.74 Å². The first-order valence-electron chi connectivity index (χ1n) is 6.44. The van der Waals surface area contributed by atoms with Crippen molar-refractivity contribution in [3.8, 4) is 0 Å². The van der Waals surface area contributed by atoms with Crippen molar-refractivity contribution in [2.24, 2.45) is 5.92 Å². The first kappa shape index (κ1) is 10.8. The quantitative estimate of drug-likeness (QED) is 0.859. The van der Waals surface area contributed by atoms with Gasteiger partial charge in [-0.25, -0.2) is 4.98 Å². The van der Waals surface area contributed by atoms with Gasteiger partial charge >= 0.3 is 0 Å². The van der Waals surface area contributed by atoms with Gasteiger partial charge in [0.2, 0.25) is 0 Å². The number of nitrogens with zero attached hydrogens (tertiary/aromatic N) is 2. The molecule has 0 aromatic carbocycles. The van der Waals surface area contributed by atoms with Gasteiger partial charge in [-0.1, -0.05) is 0 Å². The minimum absolute atomic E-state index is 0.809. The highest BCUT2D eigenvalue weighted by Crippen LogP contribution is 2.29. The summed E-state index contributed by atoms with van der Waals surface area (Å²) in [5.74, 6) is 1.96. The molecule has 0 spiro atoms. The molecule has 2 fully saturated rings. The standard InChI is InChI=1S/C13H19N3O/c1-2-11(1)9-14-12-3-4-13(15-10-12)16-5-7-17-8-6-16/h3-4,10-11,14H,1-2,5-9H2. The van der Waals surface area contributed by atoms with E-state index in [1.807, 2.05) is 6.20 Å². The van der Waals surface area contributed by atoms with Crippen molar-refractivity contribution in [1.82, 2.24) is 4.98 Å². The van der Waals surface area contributed by atoms with Gasteiger partial charge in [0, 0.05) is 19.6 Å². The molecule has 92 valence electrons. The van der Waals surface area contributed by atoms with Crippen LogP contribution in [0, 0.1) is 5.92 Å². The fourth-order valence-electron chi connectivity index (χ4n) is 2.05. The molecule has 0 radical (unpaired) electrons. The fourth-order valence-corrected chi connectivity index (χ4v) is 2.05. The zero-order chi connectivity index (χ0) is 11.5. The second kappa shape index (κ2) is 4.92. The summed E-state index contributed by atoms with van der Waals surface area (Å²) in [5.41, 5.74) is 1.13. The lowest BCUT2D eigenvalue weighted by atomic mass is 10.3. The molecule has 0 amide bonds. The molecule has 17 heavy (non-hydrogen) atoms. The molecule has 1 saturated carbocycles. The molecule has 0 unspecified atom stereocenters. The Kier molecular flexibility index (Phi) is 3.14. The monoisotopic (exact) mass is 233 g/mol. The van der Waals surface area contributed by atoms with Crippen LogP contribution in [0.3, 0.4) is 0 Å². The third kappa shape index (κ3) is 2.88. The lowest BCUT2D eigenvalue weighted by molar-refractivity contribution is 0.122. The highest BCUT2D eigenvalue weighted by atomic mass is 16.5. The maximum Gasteiger partial charge on any atom is 0.128 e. The van der Waals surface area contributed by atoms with E-state index in [4.69, 9.17) is 4.74 Å². The van der Waals surface area contributed by atoms with E-state index in [-0.39, 0.29) is 0 Å². The molecule has 3 rings (SSSR count). The van der Waals surface area contributed by atoms with Gasteiger partial charge in [-0.3, -0.25) is 0 Å². The molecular weight excluding hydrogens is 214 g/mol. The predicted octanol–water partition coefficient (Wildman–Crippen LogP) is 1.74. The third-order valence-electron chi connectivity index (χ3n) is 3.37. The molecule has 0 bridgehead atoms. The SMILES string of the molecule is c1cc(N2CCOCC2)ncc1NCC1CC1. The number of morpholine rings is 1. The lowest BCUT2D eigenvalue weighted by Crippen LogP contribution is -2.36. The maximum atomic E-state index is 5.33. The second-order valence-electron chi connectivity index (χ2n) is 4.83. The number of anilines is 2. The van der Waals surface area contributed by atoms with Crippen LogP contribution in [-0.2, 0) is 4.74 Å². The molecule has 1 aromatic heterocycles. The Bertz CT molecular complexity index is 355. The Labute approximate surface area is 102 Å². The van der Waals surface area contributed by atoms with E-state index in [2.05, 4.69) is 27.3 Å².